The molecule has 0 atom stereocenters. The van der Waals surface area contributed by atoms with Crippen molar-refractivity contribution in [2.75, 3.05) is 51.4 Å². The van der Waals surface area contributed by atoms with Crippen molar-refractivity contribution in [1.29, 1.82) is 0 Å². The van der Waals surface area contributed by atoms with E-state index in [2.05, 4.69) is 20.9 Å². The van der Waals surface area contributed by atoms with Crippen molar-refractivity contribution in [3.05, 3.63) is 27.5 Å². The van der Waals surface area contributed by atoms with Crippen LogP contribution in [0.3, 0.4) is 0 Å². The molecule has 0 bridgehead atoms. The standard InChI is InChI=1S/C21H25BrN4O8S2/c1-3-34-21(30)25-8-6-24(7-9-25)18(28)13-36(31,32)12-17(27)23-20-26(11-19(29)33-2)15-5-4-14(22)10-16(15)35-20/h4-5,10H,3,6-9,11-13H2,1-2H3. The molecule has 1 saturated heterocycles. The molecule has 12 nitrogen and oxygen atoms in total. The minimum atomic E-state index is -4.11. The van der Waals surface area contributed by atoms with Crippen LogP contribution in [0.4, 0.5) is 4.79 Å². The van der Waals surface area contributed by atoms with Gasteiger partial charge in [-0.05, 0) is 25.1 Å². The first-order valence-corrected chi connectivity index (χ1v) is 14.3. The number of ether oxygens (including phenoxy) is 2. The molecule has 0 saturated carbocycles. The van der Waals surface area contributed by atoms with Crippen molar-refractivity contribution >= 4 is 71.2 Å². The van der Waals surface area contributed by atoms with Crippen molar-refractivity contribution in [1.82, 2.24) is 14.4 Å². The van der Waals surface area contributed by atoms with Gasteiger partial charge < -0.3 is 23.8 Å². The van der Waals surface area contributed by atoms with Gasteiger partial charge in [0, 0.05) is 30.7 Å². The fourth-order valence-corrected chi connectivity index (χ4v) is 6.19. The number of piperazine rings is 1. The summed E-state index contributed by atoms with van der Waals surface area (Å²) in [6.45, 7) is 2.48. The second-order valence-electron chi connectivity index (χ2n) is 7.76. The summed E-state index contributed by atoms with van der Waals surface area (Å²) in [5, 5.41) is 0. The Kier molecular flexibility index (Phi) is 9.24. The first-order chi connectivity index (χ1) is 17.0. The van der Waals surface area contributed by atoms with E-state index in [-0.39, 0.29) is 44.1 Å². The summed E-state index contributed by atoms with van der Waals surface area (Å²) in [7, 11) is -2.88. The number of nitrogens with zero attached hydrogens (tertiary/aromatic N) is 4. The Labute approximate surface area is 219 Å². The monoisotopic (exact) mass is 604 g/mol. The summed E-state index contributed by atoms with van der Waals surface area (Å²) < 4.78 is 37.7. The lowest BCUT2D eigenvalue weighted by Gasteiger charge is -2.34. The van der Waals surface area contributed by atoms with Crippen LogP contribution in [0.15, 0.2) is 27.7 Å². The first-order valence-electron chi connectivity index (χ1n) is 10.9. The third kappa shape index (κ3) is 7.13. The zero-order valence-electron chi connectivity index (χ0n) is 19.6. The van der Waals surface area contributed by atoms with Crippen LogP contribution in [0.1, 0.15) is 6.92 Å². The number of aromatic nitrogens is 1. The number of methoxy groups -OCH3 is 1. The normalized spacial score (nSPS) is 14.7. The molecule has 1 fully saturated rings. The SMILES string of the molecule is CCOC(=O)N1CCN(C(=O)CS(=O)(=O)CC(=O)N=c2sc3cc(Br)ccc3n2CC(=O)OC)CC1. The summed E-state index contributed by atoms with van der Waals surface area (Å²) >= 11 is 4.47. The van der Waals surface area contributed by atoms with Crippen molar-refractivity contribution in [2.45, 2.75) is 13.5 Å². The molecule has 0 radical (unpaired) electrons. The van der Waals surface area contributed by atoms with Gasteiger partial charge in [0.25, 0.3) is 5.91 Å². The summed E-state index contributed by atoms with van der Waals surface area (Å²) in [6.07, 6.45) is -0.484. The van der Waals surface area contributed by atoms with E-state index in [0.29, 0.717) is 5.52 Å². The van der Waals surface area contributed by atoms with Crippen LogP contribution >= 0.6 is 27.3 Å². The lowest BCUT2D eigenvalue weighted by molar-refractivity contribution is -0.141. The van der Waals surface area contributed by atoms with E-state index < -0.39 is 45.2 Å². The topological polar surface area (TPSA) is 145 Å². The Morgan fingerprint density at radius 3 is 2.39 bits per heavy atom. The number of carbonyl (C=O) groups excluding carboxylic acids is 4. The van der Waals surface area contributed by atoms with Gasteiger partial charge in [-0.1, -0.05) is 27.3 Å². The molecule has 36 heavy (non-hydrogen) atoms. The predicted octanol–water partition coefficient (Wildman–Crippen LogP) is 0.781. The smallest absolute Gasteiger partial charge is 0.409 e. The molecule has 3 rings (SSSR count). The molecule has 0 N–H and O–H groups in total. The summed E-state index contributed by atoms with van der Waals surface area (Å²) in [6, 6.07) is 5.28. The van der Waals surface area contributed by atoms with Crippen LogP contribution < -0.4 is 4.80 Å². The average molecular weight is 605 g/mol. The number of carbonyl (C=O) groups is 4. The highest BCUT2D eigenvalue weighted by molar-refractivity contribution is 9.10. The molecule has 1 aromatic carbocycles. The Balaban J connectivity index is 1.70. The van der Waals surface area contributed by atoms with E-state index in [9.17, 15) is 27.6 Å². The number of thiazole rings is 1. The Hall–Kier alpha value is -2.78. The van der Waals surface area contributed by atoms with E-state index in [1.807, 2.05) is 0 Å². The van der Waals surface area contributed by atoms with Crippen LogP contribution in [0.5, 0.6) is 0 Å². The van der Waals surface area contributed by atoms with Gasteiger partial charge in [0.2, 0.25) is 5.91 Å². The fourth-order valence-electron chi connectivity index (χ4n) is 3.49. The van der Waals surface area contributed by atoms with Crippen LogP contribution in [0.2, 0.25) is 0 Å². The van der Waals surface area contributed by atoms with E-state index in [4.69, 9.17) is 9.47 Å². The van der Waals surface area contributed by atoms with Gasteiger partial charge in [0.1, 0.15) is 18.1 Å². The van der Waals surface area contributed by atoms with Gasteiger partial charge in [0.15, 0.2) is 14.6 Å². The number of amides is 3. The van der Waals surface area contributed by atoms with Gasteiger partial charge in [-0.2, -0.15) is 4.99 Å². The highest BCUT2D eigenvalue weighted by Crippen LogP contribution is 2.22. The third-order valence-electron chi connectivity index (χ3n) is 5.23. The number of rotatable bonds is 7. The molecule has 0 aliphatic carbocycles. The largest absolute Gasteiger partial charge is 0.468 e. The number of hydrogen-bond donors (Lipinski definition) is 0. The highest BCUT2D eigenvalue weighted by Gasteiger charge is 2.29. The molecule has 1 aliphatic heterocycles. The zero-order chi connectivity index (χ0) is 26.5. The minimum Gasteiger partial charge on any atom is -0.468 e. The summed E-state index contributed by atoms with van der Waals surface area (Å²) in [5.74, 6) is -3.99. The third-order valence-corrected chi connectivity index (χ3v) is 8.13. The molecule has 15 heteroatoms. The maximum absolute atomic E-state index is 12.6. The maximum Gasteiger partial charge on any atom is 0.409 e. The van der Waals surface area contributed by atoms with E-state index in [1.54, 1.807) is 25.1 Å². The average Bonchev–Trinajstić information content (AvgIpc) is 3.13. The number of fused-ring (bicyclic) bond motifs is 1. The highest BCUT2D eigenvalue weighted by atomic mass is 79.9. The molecule has 196 valence electrons. The second kappa shape index (κ2) is 12.0. The Morgan fingerprint density at radius 2 is 1.75 bits per heavy atom. The van der Waals surface area contributed by atoms with Gasteiger partial charge in [0.05, 0.1) is 23.9 Å². The first kappa shape index (κ1) is 27.8. The molecule has 2 aromatic rings. The van der Waals surface area contributed by atoms with E-state index >= 15 is 0 Å². The van der Waals surface area contributed by atoms with Crippen LogP contribution in [-0.4, -0.2) is 98.1 Å². The Morgan fingerprint density at radius 1 is 1.08 bits per heavy atom. The zero-order valence-corrected chi connectivity index (χ0v) is 22.9. The Bertz CT molecular complexity index is 1340. The fraction of sp³-hybridized carbons (Fsp3) is 0.476. The summed E-state index contributed by atoms with van der Waals surface area (Å²) in [4.78, 5) is 55.6. The second-order valence-corrected chi connectivity index (χ2v) is 11.8. The van der Waals surface area contributed by atoms with Crippen molar-refractivity contribution < 1.29 is 37.1 Å². The number of sulfone groups is 1. The van der Waals surface area contributed by atoms with E-state index in [0.717, 1.165) is 20.5 Å². The molecule has 3 amide bonds. The van der Waals surface area contributed by atoms with Crippen LogP contribution in [0.25, 0.3) is 10.2 Å². The van der Waals surface area contributed by atoms with Gasteiger partial charge in [-0.3, -0.25) is 14.4 Å². The van der Waals surface area contributed by atoms with Crippen molar-refractivity contribution in [2.24, 2.45) is 4.99 Å². The quantitative estimate of drug-likeness (QED) is 0.422. The van der Waals surface area contributed by atoms with E-state index in [1.165, 1.54) is 21.5 Å². The van der Waals surface area contributed by atoms with Gasteiger partial charge in [-0.15, -0.1) is 0 Å². The number of benzene rings is 1. The molecule has 1 aliphatic rings. The molecule has 0 spiro atoms. The van der Waals surface area contributed by atoms with Crippen LogP contribution in [0, 0.1) is 0 Å². The number of hydrogen-bond acceptors (Lipinski definition) is 9. The van der Waals surface area contributed by atoms with Gasteiger partial charge >= 0.3 is 12.1 Å². The minimum absolute atomic E-state index is 0.134. The number of esters is 1. The lowest BCUT2D eigenvalue weighted by atomic mass is 10.3. The molecule has 1 aromatic heterocycles. The van der Waals surface area contributed by atoms with Crippen LogP contribution in [-0.2, 0) is 40.2 Å². The predicted molar refractivity (Wildman–Crippen MR) is 134 cm³/mol. The summed E-state index contributed by atoms with van der Waals surface area (Å²) in [5.41, 5.74) is 0.625. The lowest BCUT2D eigenvalue weighted by Crippen LogP contribution is -2.52. The molecular weight excluding hydrogens is 580 g/mol. The van der Waals surface area contributed by atoms with Crippen molar-refractivity contribution in [3.63, 3.8) is 0 Å². The molecule has 0 unspecified atom stereocenters. The maximum atomic E-state index is 12.6. The van der Waals surface area contributed by atoms with Gasteiger partial charge in [-0.25, -0.2) is 13.2 Å². The number of halogens is 1. The molecular formula is C21H25BrN4O8S2. The van der Waals surface area contributed by atoms with Crippen molar-refractivity contribution in [3.8, 4) is 0 Å². The molecule has 2 heterocycles.